The third kappa shape index (κ3) is 2.77. The average molecular weight is 267 g/mol. The first-order valence-corrected chi connectivity index (χ1v) is 7.51. The summed E-state index contributed by atoms with van der Waals surface area (Å²) in [4.78, 5) is 7.69. The Labute approximate surface area is 115 Å². The Balaban J connectivity index is 2.11. The van der Waals surface area contributed by atoms with Gasteiger partial charge in [-0.2, -0.15) is 0 Å². The van der Waals surface area contributed by atoms with E-state index in [1.54, 1.807) is 0 Å². The molecular weight excluding hydrogens is 242 g/mol. The number of rotatable bonds is 4. The van der Waals surface area contributed by atoms with Gasteiger partial charge in [0.05, 0.1) is 6.04 Å². The van der Waals surface area contributed by atoms with E-state index in [0.717, 1.165) is 19.0 Å². The highest BCUT2D eigenvalue weighted by Gasteiger charge is 2.35. The lowest BCUT2D eigenvalue weighted by molar-refractivity contribution is 0.221. The van der Waals surface area contributed by atoms with Crippen molar-refractivity contribution in [1.82, 2.24) is 9.80 Å². The van der Waals surface area contributed by atoms with Crippen molar-refractivity contribution in [1.29, 1.82) is 0 Å². The number of likely N-dealkylation sites (N-methyl/N-ethyl adjacent to an activating group) is 1. The highest BCUT2D eigenvalue weighted by molar-refractivity contribution is 7.12. The SMILES string of the molecule is Cc1ccc(C(CN)N2CC(C)C(N(C)C)C2)s1. The largest absolute Gasteiger partial charge is 0.329 e. The van der Waals surface area contributed by atoms with Gasteiger partial charge in [0.2, 0.25) is 0 Å². The fourth-order valence-corrected chi connectivity index (χ4v) is 4.02. The molecule has 0 radical (unpaired) electrons. The van der Waals surface area contributed by atoms with Crippen LogP contribution < -0.4 is 5.73 Å². The zero-order chi connectivity index (χ0) is 13.3. The minimum Gasteiger partial charge on any atom is -0.329 e. The molecule has 0 aromatic carbocycles. The molecule has 0 saturated carbocycles. The van der Waals surface area contributed by atoms with Crippen molar-refractivity contribution >= 4 is 11.3 Å². The molecule has 0 amide bonds. The smallest absolute Gasteiger partial charge is 0.0565 e. The fraction of sp³-hybridized carbons (Fsp3) is 0.714. The molecule has 2 heterocycles. The van der Waals surface area contributed by atoms with E-state index in [-0.39, 0.29) is 0 Å². The van der Waals surface area contributed by atoms with Crippen LogP contribution in [0.2, 0.25) is 0 Å². The van der Waals surface area contributed by atoms with Crippen LogP contribution in [0.4, 0.5) is 0 Å². The van der Waals surface area contributed by atoms with E-state index in [1.165, 1.54) is 9.75 Å². The molecule has 2 N–H and O–H groups in total. The lowest BCUT2D eigenvalue weighted by Gasteiger charge is -2.27. The summed E-state index contributed by atoms with van der Waals surface area (Å²) in [6.07, 6.45) is 0. The third-order valence-electron chi connectivity index (χ3n) is 4.02. The van der Waals surface area contributed by atoms with Crippen LogP contribution in [-0.4, -0.2) is 49.6 Å². The molecule has 1 saturated heterocycles. The topological polar surface area (TPSA) is 32.5 Å². The predicted molar refractivity (Wildman–Crippen MR) is 79.1 cm³/mol. The fourth-order valence-electron chi connectivity index (χ4n) is 2.99. The molecule has 4 heteroatoms. The van der Waals surface area contributed by atoms with Crippen molar-refractivity contribution in [3.05, 3.63) is 21.9 Å². The maximum absolute atomic E-state index is 6.01. The standard InChI is InChI=1S/C14H25N3S/c1-10-8-17(9-13(10)16(3)4)12(7-15)14-6-5-11(2)18-14/h5-6,10,12-13H,7-9,15H2,1-4H3. The van der Waals surface area contributed by atoms with Gasteiger partial charge in [0.1, 0.15) is 0 Å². The lowest BCUT2D eigenvalue weighted by Crippen LogP contribution is -2.36. The van der Waals surface area contributed by atoms with Gasteiger partial charge in [-0.25, -0.2) is 0 Å². The molecule has 1 aliphatic heterocycles. The number of likely N-dealkylation sites (tertiary alicyclic amines) is 1. The molecule has 18 heavy (non-hydrogen) atoms. The van der Waals surface area contributed by atoms with Gasteiger partial charge in [0.15, 0.2) is 0 Å². The van der Waals surface area contributed by atoms with Gasteiger partial charge in [-0.1, -0.05) is 6.92 Å². The number of nitrogens with zero attached hydrogens (tertiary/aromatic N) is 2. The second-order valence-corrected chi connectivity index (χ2v) is 6.98. The van der Waals surface area contributed by atoms with Crippen molar-refractivity contribution in [3.8, 4) is 0 Å². The number of nitrogens with two attached hydrogens (primary N) is 1. The van der Waals surface area contributed by atoms with Gasteiger partial charge < -0.3 is 10.6 Å². The third-order valence-corrected chi connectivity index (χ3v) is 5.12. The molecule has 1 fully saturated rings. The number of thiophene rings is 1. The first kappa shape index (κ1) is 14.0. The highest BCUT2D eigenvalue weighted by Crippen LogP contribution is 2.32. The Hall–Kier alpha value is -0.420. The minimum absolute atomic E-state index is 0.399. The molecule has 3 unspecified atom stereocenters. The van der Waals surface area contributed by atoms with Crippen molar-refractivity contribution in [3.63, 3.8) is 0 Å². The van der Waals surface area contributed by atoms with E-state index in [1.807, 2.05) is 11.3 Å². The second kappa shape index (κ2) is 5.70. The summed E-state index contributed by atoms with van der Waals surface area (Å²) in [5.74, 6) is 0.718. The number of aryl methyl sites for hydroxylation is 1. The molecule has 102 valence electrons. The van der Waals surface area contributed by atoms with Crippen LogP contribution in [0.15, 0.2) is 12.1 Å². The Bertz CT molecular complexity index is 388. The van der Waals surface area contributed by atoms with E-state index in [9.17, 15) is 0 Å². The molecular formula is C14H25N3S. The second-order valence-electron chi connectivity index (χ2n) is 5.66. The molecule has 0 bridgehead atoms. The van der Waals surface area contributed by atoms with Crippen LogP contribution in [0.5, 0.6) is 0 Å². The van der Waals surface area contributed by atoms with Crippen LogP contribution in [0.3, 0.4) is 0 Å². The van der Waals surface area contributed by atoms with Gasteiger partial charge >= 0.3 is 0 Å². The summed E-state index contributed by atoms with van der Waals surface area (Å²) in [7, 11) is 4.36. The summed E-state index contributed by atoms with van der Waals surface area (Å²) >= 11 is 1.88. The summed E-state index contributed by atoms with van der Waals surface area (Å²) in [6, 6.07) is 5.49. The highest BCUT2D eigenvalue weighted by atomic mass is 32.1. The zero-order valence-corrected chi connectivity index (χ0v) is 12.7. The molecule has 1 aliphatic rings. The first-order chi connectivity index (χ1) is 8.52. The molecule has 1 aromatic rings. The van der Waals surface area contributed by atoms with Crippen molar-refractivity contribution in [2.75, 3.05) is 33.7 Å². The van der Waals surface area contributed by atoms with Crippen LogP contribution in [0.25, 0.3) is 0 Å². The maximum Gasteiger partial charge on any atom is 0.0565 e. The number of hydrogen-bond acceptors (Lipinski definition) is 4. The van der Waals surface area contributed by atoms with Crippen LogP contribution in [-0.2, 0) is 0 Å². The maximum atomic E-state index is 6.01. The van der Waals surface area contributed by atoms with E-state index in [0.29, 0.717) is 18.6 Å². The van der Waals surface area contributed by atoms with E-state index in [2.05, 4.69) is 49.9 Å². The molecule has 0 aliphatic carbocycles. The van der Waals surface area contributed by atoms with Crippen molar-refractivity contribution < 1.29 is 0 Å². The number of hydrogen-bond donors (Lipinski definition) is 1. The quantitative estimate of drug-likeness (QED) is 0.905. The van der Waals surface area contributed by atoms with E-state index in [4.69, 9.17) is 5.73 Å². The van der Waals surface area contributed by atoms with Crippen LogP contribution in [0.1, 0.15) is 22.7 Å². The Morgan fingerprint density at radius 3 is 2.61 bits per heavy atom. The minimum atomic E-state index is 0.399. The normalized spacial score (nSPS) is 27.0. The average Bonchev–Trinajstić information content (AvgIpc) is 2.87. The van der Waals surface area contributed by atoms with E-state index >= 15 is 0 Å². The van der Waals surface area contributed by atoms with E-state index < -0.39 is 0 Å². The monoisotopic (exact) mass is 267 g/mol. The molecule has 3 atom stereocenters. The first-order valence-electron chi connectivity index (χ1n) is 6.69. The Morgan fingerprint density at radius 1 is 1.44 bits per heavy atom. The summed E-state index contributed by atoms with van der Waals surface area (Å²) in [6.45, 7) is 7.51. The summed E-state index contributed by atoms with van der Waals surface area (Å²) < 4.78 is 0. The van der Waals surface area contributed by atoms with Gasteiger partial charge in [0.25, 0.3) is 0 Å². The Morgan fingerprint density at radius 2 is 2.17 bits per heavy atom. The van der Waals surface area contributed by atoms with Crippen molar-refractivity contribution in [2.24, 2.45) is 11.7 Å². The summed E-state index contributed by atoms with van der Waals surface area (Å²) in [5, 5.41) is 0. The van der Waals surface area contributed by atoms with Crippen LogP contribution in [0, 0.1) is 12.8 Å². The lowest BCUT2D eigenvalue weighted by atomic mass is 10.1. The van der Waals surface area contributed by atoms with Gasteiger partial charge in [0, 0.05) is 35.4 Å². The summed E-state index contributed by atoms with van der Waals surface area (Å²) in [5.41, 5.74) is 6.01. The molecule has 3 nitrogen and oxygen atoms in total. The molecule has 2 rings (SSSR count). The molecule has 0 spiro atoms. The molecule has 1 aromatic heterocycles. The van der Waals surface area contributed by atoms with Crippen molar-refractivity contribution in [2.45, 2.75) is 25.9 Å². The van der Waals surface area contributed by atoms with Gasteiger partial charge in [-0.3, -0.25) is 4.90 Å². The zero-order valence-electron chi connectivity index (χ0n) is 11.9. The van der Waals surface area contributed by atoms with Gasteiger partial charge in [-0.05, 0) is 39.1 Å². The Kier molecular flexibility index (Phi) is 4.43. The van der Waals surface area contributed by atoms with Gasteiger partial charge in [-0.15, -0.1) is 11.3 Å². The van der Waals surface area contributed by atoms with Crippen LogP contribution >= 0.6 is 11.3 Å². The predicted octanol–water partition coefficient (Wildman–Crippen LogP) is 1.94.